The molecule has 6 heteroatoms. The zero-order valence-electron chi connectivity index (χ0n) is 14.5. The standard InChI is InChI=1S/C19H23N3O2S/c1-22(13-18(23)20-12-15-8-4-3-5-9-15)14-19(24)21-16-10-6-7-11-17(16)25-2/h3-11H,12-14H2,1-2H3,(H,20,23)(H,21,24)/p+1. The molecule has 0 heterocycles. The van der Waals surface area contributed by atoms with Crippen molar-refractivity contribution in [3.63, 3.8) is 0 Å². The number of carbonyl (C=O) groups is 2. The van der Waals surface area contributed by atoms with Gasteiger partial charge in [0.15, 0.2) is 13.1 Å². The van der Waals surface area contributed by atoms with E-state index in [1.807, 2.05) is 67.9 Å². The van der Waals surface area contributed by atoms with E-state index in [9.17, 15) is 9.59 Å². The third-order valence-electron chi connectivity index (χ3n) is 3.64. The average molecular weight is 358 g/mol. The summed E-state index contributed by atoms with van der Waals surface area (Å²) in [6.07, 6.45) is 1.97. The predicted molar refractivity (Wildman–Crippen MR) is 102 cm³/mol. The van der Waals surface area contributed by atoms with Crippen LogP contribution in [0.3, 0.4) is 0 Å². The Hall–Kier alpha value is -2.31. The van der Waals surface area contributed by atoms with E-state index >= 15 is 0 Å². The van der Waals surface area contributed by atoms with Crippen LogP contribution in [-0.4, -0.2) is 38.2 Å². The summed E-state index contributed by atoms with van der Waals surface area (Å²) in [4.78, 5) is 26.0. The molecule has 0 radical (unpaired) electrons. The second-order valence-corrected chi connectivity index (χ2v) is 6.67. The fraction of sp³-hybridized carbons (Fsp3) is 0.263. The van der Waals surface area contributed by atoms with Crippen molar-refractivity contribution in [2.45, 2.75) is 11.4 Å². The highest BCUT2D eigenvalue weighted by Gasteiger charge is 2.15. The van der Waals surface area contributed by atoms with E-state index < -0.39 is 0 Å². The van der Waals surface area contributed by atoms with Crippen LogP contribution in [0.1, 0.15) is 5.56 Å². The summed E-state index contributed by atoms with van der Waals surface area (Å²) in [6.45, 7) is 0.992. The van der Waals surface area contributed by atoms with Crippen molar-refractivity contribution in [3.05, 3.63) is 60.2 Å². The number of rotatable bonds is 8. The molecule has 132 valence electrons. The van der Waals surface area contributed by atoms with Crippen LogP contribution in [-0.2, 0) is 16.1 Å². The van der Waals surface area contributed by atoms with Gasteiger partial charge in [-0.3, -0.25) is 9.59 Å². The molecule has 0 saturated heterocycles. The molecule has 2 amide bonds. The molecular weight excluding hydrogens is 334 g/mol. The highest BCUT2D eigenvalue weighted by Crippen LogP contribution is 2.24. The third kappa shape index (κ3) is 6.60. The zero-order chi connectivity index (χ0) is 18.1. The van der Waals surface area contributed by atoms with Gasteiger partial charge in [-0.15, -0.1) is 11.8 Å². The number of hydrogen-bond acceptors (Lipinski definition) is 3. The number of thioether (sulfide) groups is 1. The summed E-state index contributed by atoms with van der Waals surface area (Å²) in [5.74, 6) is -0.173. The Labute approximate surface area is 152 Å². The number of quaternary nitrogens is 1. The van der Waals surface area contributed by atoms with Crippen molar-refractivity contribution in [2.24, 2.45) is 0 Å². The summed E-state index contributed by atoms with van der Waals surface area (Å²) in [5, 5.41) is 5.79. The first kappa shape index (κ1) is 19.0. The number of benzene rings is 2. The Morgan fingerprint density at radius 2 is 1.60 bits per heavy atom. The number of likely N-dealkylation sites (N-methyl/N-ethyl adjacent to an activating group) is 1. The first-order chi connectivity index (χ1) is 12.1. The number of para-hydroxylation sites is 1. The molecule has 0 bridgehead atoms. The molecule has 0 aromatic heterocycles. The van der Waals surface area contributed by atoms with Crippen LogP contribution in [0.25, 0.3) is 0 Å². The van der Waals surface area contributed by atoms with Crippen molar-refractivity contribution in [3.8, 4) is 0 Å². The number of anilines is 1. The van der Waals surface area contributed by atoms with E-state index in [-0.39, 0.29) is 24.9 Å². The molecule has 1 atom stereocenters. The molecule has 3 N–H and O–H groups in total. The van der Waals surface area contributed by atoms with Crippen molar-refractivity contribution in [1.29, 1.82) is 0 Å². The fourth-order valence-corrected chi connectivity index (χ4v) is 2.97. The molecule has 0 fully saturated rings. The van der Waals surface area contributed by atoms with Crippen LogP contribution in [0.2, 0.25) is 0 Å². The fourth-order valence-electron chi connectivity index (χ4n) is 2.41. The zero-order valence-corrected chi connectivity index (χ0v) is 15.4. The molecule has 5 nitrogen and oxygen atoms in total. The Bertz CT molecular complexity index is 707. The SMILES string of the molecule is CSc1ccccc1NC(=O)C[NH+](C)CC(=O)NCc1ccccc1. The number of carbonyl (C=O) groups excluding carboxylic acids is 2. The van der Waals surface area contributed by atoms with E-state index in [1.54, 1.807) is 11.8 Å². The maximum Gasteiger partial charge on any atom is 0.279 e. The summed E-state index contributed by atoms with van der Waals surface area (Å²) in [5.41, 5.74) is 1.86. The van der Waals surface area contributed by atoms with Crippen LogP contribution in [0.5, 0.6) is 0 Å². The normalized spacial score (nSPS) is 11.6. The number of nitrogens with one attached hydrogen (secondary N) is 3. The first-order valence-corrected chi connectivity index (χ1v) is 9.35. The molecule has 25 heavy (non-hydrogen) atoms. The summed E-state index contributed by atoms with van der Waals surface area (Å²) in [6, 6.07) is 17.4. The molecule has 2 aromatic carbocycles. The average Bonchev–Trinajstić information content (AvgIpc) is 2.61. The van der Waals surface area contributed by atoms with Gasteiger partial charge >= 0.3 is 0 Å². The summed E-state index contributed by atoms with van der Waals surface area (Å²) < 4.78 is 0. The smallest absolute Gasteiger partial charge is 0.279 e. The topological polar surface area (TPSA) is 62.6 Å². The Kier molecular flexibility index (Phi) is 7.50. The van der Waals surface area contributed by atoms with Crippen LogP contribution in [0.4, 0.5) is 5.69 Å². The van der Waals surface area contributed by atoms with Crippen LogP contribution < -0.4 is 15.5 Å². The van der Waals surface area contributed by atoms with Crippen molar-refractivity contribution < 1.29 is 14.5 Å². The van der Waals surface area contributed by atoms with Gasteiger partial charge in [-0.2, -0.15) is 0 Å². The molecule has 0 aliphatic rings. The Morgan fingerprint density at radius 3 is 2.32 bits per heavy atom. The van der Waals surface area contributed by atoms with Crippen molar-refractivity contribution >= 4 is 29.3 Å². The van der Waals surface area contributed by atoms with Gasteiger partial charge in [-0.25, -0.2) is 0 Å². The number of hydrogen-bond donors (Lipinski definition) is 3. The van der Waals surface area contributed by atoms with Gasteiger partial charge < -0.3 is 15.5 Å². The van der Waals surface area contributed by atoms with Crippen molar-refractivity contribution in [1.82, 2.24) is 5.32 Å². The van der Waals surface area contributed by atoms with Gasteiger partial charge in [-0.05, 0) is 24.0 Å². The molecule has 0 saturated carbocycles. The molecule has 0 spiro atoms. The minimum Gasteiger partial charge on any atom is -0.347 e. The van der Waals surface area contributed by atoms with Gasteiger partial charge in [0.05, 0.1) is 12.7 Å². The molecule has 0 aliphatic heterocycles. The Morgan fingerprint density at radius 1 is 0.960 bits per heavy atom. The van der Waals surface area contributed by atoms with Gasteiger partial charge in [0.2, 0.25) is 0 Å². The first-order valence-electron chi connectivity index (χ1n) is 8.13. The third-order valence-corrected chi connectivity index (χ3v) is 4.43. The quantitative estimate of drug-likeness (QED) is 0.621. The van der Waals surface area contributed by atoms with E-state index in [4.69, 9.17) is 0 Å². The lowest BCUT2D eigenvalue weighted by Gasteiger charge is -2.14. The second-order valence-electron chi connectivity index (χ2n) is 5.82. The Balaban J connectivity index is 1.76. The van der Waals surface area contributed by atoms with E-state index in [0.29, 0.717) is 6.54 Å². The van der Waals surface area contributed by atoms with Crippen LogP contribution in [0, 0.1) is 0 Å². The van der Waals surface area contributed by atoms with Crippen LogP contribution >= 0.6 is 11.8 Å². The van der Waals surface area contributed by atoms with Gasteiger partial charge in [-0.1, -0.05) is 42.5 Å². The summed E-state index contributed by atoms with van der Waals surface area (Å²) in [7, 11) is 1.84. The van der Waals surface area contributed by atoms with Gasteiger partial charge in [0, 0.05) is 11.4 Å². The van der Waals surface area contributed by atoms with E-state index in [0.717, 1.165) is 21.0 Å². The summed E-state index contributed by atoms with van der Waals surface area (Å²) >= 11 is 1.59. The lowest BCUT2D eigenvalue weighted by molar-refractivity contribution is -0.862. The molecule has 2 rings (SSSR count). The maximum atomic E-state index is 12.2. The molecule has 0 aliphatic carbocycles. The van der Waals surface area contributed by atoms with E-state index in [2.05, 4.69) is 10.6 Å². The minimum absolute atomic E-state index is 0.0707. The number of amides is 2. The minimum atomic E-state index is -0.102. The highest BCUT2D eigenvalue weighted by atomic mass is 32.2. The highest BCUT2D eigenvalue weighted by molar-refractivity contribution is 7.98. The van der Waals surface area contributed by atoms with E-state index in [1.165, 1.54) is 0 Å². The van der Waals surface area contributed by atoms with Crippen LogP contribution in [0.15, 0.2) is 59.5 Å². The maximum absolute atomic E-state index is 12.2. The second kappa shape index (κ2) is 9.86. The molecule has 1 unspecified atom stereocenters. The molecule has 2 aromatic rings. The molecular formula is C19H24N3O2S+. The lowest BCUT2D eigenvalue weighted by Crippen LogP contribution is -3.11. The predicted octanol–water partition coefficient (Wildman–Crippen LogP) is 1.18. The van der Waals surface area contributed by atoms with Gasteiger partial charge in [0.25, 0.3) is 11.8 Å². The monoisotopic (exact) mass is 358 g/mol. The largest absolute Gasteiger partial charge is 0.347 e. The van der Waals surface area contributed by atoms with Crippen molar-refractivity contribution in [2.75, 3.05) is 31.7 Å². The van der Waals surface area contributed by atoms with Gasteiger partial charge in [0.1, 0.15) is 0 Å². The lowest BCUT2D eigenvalue weighted by atomic mass is 10.2.